The smallest absolute Gasteiger partial charge is 0.259 e. The van der Waals surface area contributed by atoms with Crippen LogP contribution >= 0.6 is 0 Å². The predicted octanol–water partition coefficient (Wildman–Crippen LogP) is 4.04. The summed E-state index contributed by atoms with van der Waals surface area (Å²) in [6.07, 6.45) is 2.83. The van der Waals surface area contributed by atoms with Gasteiger partial charge < -0.3 is 14.4 Å². The number of sulfonamides is 2. The van der Waals surface area contributed by atoms with E-state index >= 15 is 8.78 Å². The average Bonchev–Trinajstić information content (AvgIpc) is 2.63. The van der Waals surface area contributed by atoms with Crippen molar-refractivity contribution >= 4 is 25.7 Å². The Bertz CT molecular complexity index is 1100. The number of anilines is 1. The number of piperidine rings is 1. The number of rotatable bonds is 8. The maximum absolute atomic E-state index is 15.9. The highest BCUT2D eigenvalue weighted by Gasteiger charge is 2.39. The third kappa shape index (κ3) is 7.67. The SMILES string of the molecule is CC(C)(C)COc1c(F)c(OCC(C)(C)C)c(S(=O)(=O)NS(C)(=O)=O)c(N2CCCCC2)c1F. The Kier molecular flexibility index (Phi) is 8.52. The van der Waals surface area contributed by atoms with Gasteiger partial charge in [-0.15, -0.1) is 4.13 Å². The summed E-state index contributed by atoms with van der Waals surface area (Å²) < 4.78 is 94.3. The number of benzene rings is 1. The van der Waals surface area contributed by atoms with Crippen LogP contribution in [0.3, 0.4) is 0 Å². The van der Waals surface area contributed by atoms with Crippen molar-refractivity contribution in [2.45, 2.75) is 65.7 Å². The van der Waals surface area contributed by atoms with Crippen LogP contribution in [0.25, 0.3) is 0 Å². The molecule has 196 valence electrons. The van der Waals surface area contributed by atoms with Crippen LogP contribution < -0.4 is 18.5 Å². The second kappa shape index (κ2) is 10.1. The van der Waals surface area contributed by atoms with Crippen LogP contribution in [-0.2, 0) is 20.0 Å². The lowest BCUT2D eigenvalue weighted by Gasteiger charge is -2.33. The minimum Gasteiger partial charge on any atom is -0.488 e. The van der Waals surface area contributed by atoms with Gasteiger partial charge in [-0.3, -0.25) is 0 Å². The molecule has 1 N–H and O–H groups in total. The Morgan fingerprint density at radius 3 is 1.74 bits per heavy atom. The molecule has 1 fully saturated rings. The summed E-state index contributed by atoms with van der Waals surface area (Å²) in [5, 5.41) is 0. The molecule has 0 atom stereocenters. The number of hydrogen-bond donors (Lipinski definition) is 1. The molecule has 0 radical (unpaired) electrons. The van der Waals surface area contributed by atoms with Crippen LogP contribution in [0, 0.1) is 22.5 Å². The molecule has 1 aliphatic rings. The molecule has 1 aromatic rings. The van der Waals surface area contributed by atoms with Crippen molar-refractivity contribution in [3.05, 3.63) is 11.6 Å². The average molecular weight is 527 g/mol. The molecule has 0 saturated carbocycles. The summed E-state index contributed by atoms with van der Waals surface area (Å²) in [5.41, 5.74) is -1.41. The number of halogens is 2. The van der Waals surface area contributed by atoms with Crippen LogP contribution in [0.5, 0.6) is 11.5 Å². The standard InChI is InChI=1S/C22H36F2N2O6S2/c1-21(2,3)13-31-18-15(23)17(26-11-9-8-10-12-26)20(34(29,30)25-33(7,27)28)19(16(18)24)32-14-22(4,5)6/h25H,8-14H2,1-7H3. The molecule has 1 saturated heterocycles. The van der Waals surface area contributed by atoms with Gasteiger partial charge in [0.05, 0.1) is 19.5 Å². The van der Waals surface area contributed by atoms with Crippen molar-refractivity contribution in [2.75, 3.05) is 37.5 Å². The Labute approximate surface area is 202 Å². The summed E-state index contributed by atoms with van der Waals surface area (Å²) >= 11 is 0. The van der Waals surface area contributed by atoms with E-state index in [2.05, 4.69) is 0 Å². The summed E-state index contributed by atoms with van der Waals surface area (Å²) in [6.45, 7) is 11.3. The first-order valence-corrected chi connectivity index (χ1v) is 14.5. The van der Waals surface area contributed by atoms with Gasteiger partial charge in [-0.2, -0.15) is 4.39 Å². The van der Waals surface area contributed by atoms with Crippen molar-refractivity contribution in [1.82, 2.24) is 4.13 Å². The van der Waals surface area contributed by atoms with Gasteiger partial charge in [-0.05, 0) is 30.1 Å². The van der Waals surface area contributed by atoms with E-state index in [0.717, 1.165) is 6.42 Å². The van der Waals surface area contributed by atoms with E-state index in [0.29, 0.717) is 32.2 Å². The molecule has 1 heterocycles. The lowest BCUT2D eigenvalue weighted by Crippen LogP contribution is -2.36. The summed E-state index contributed by atoms with van der Waals surface area (Å²) in [7, 11) is -9.23. The van der Waals surface area contributed by atoms with Crippen LogP contribution in [0.15, 0.2) is 4.90 Å². The first-order chi connectivity index (χ1) is 15.3. The number of hydrogen-bond acceptors (Lipinski definition) is 7. The maximum Gasteiger partial charge on any atom is 0.259 e. The predicted molar refractivity (Wildman–Crippen MR) is 127 cm³/mol. The molecule has 0 spiro atoms. The van der Waals surface area contributed by atoms with Crippen molar-refractivity contribution in [3.63, 3.8) is 0 Å². The highest BCUT2D eigenvalue weighted by atomic mass is 32.3. The molecule has 0 aromatic heterocycles. The molecule has 34 heavy (non-hydrogen) atoms. The quantitative estimate of drug-likeness (QED) is 0.545. The molecule has 0 bridgehead atoms. The largest absolute Gasteiger partial charge is 0.488 e. The molecular formula is C22H36F2N2O6S2. The molecule has 1 aliphatic heterocycles. The Morgan fingerprint density at radius 2 is 1.29 bits per heavy atom. The van der Waals surface area contributed by atoms with Gasteiger partial charge in [-0.1, -0.05) is 41.5 Å². The van der Waals surface area contributed by atoms with Gasteiger partial charge in [0.25, 0.3) is 10.0 Å². The zero-order chi connectivity index (χ0) is 26.1. The highest BCUT2D eigenvalue weighted by molar-refractivity contribution is 8.04. The van der Waals surface area contributed by atoms with E-state index in [1.165, 1.54) is 9.03 Å². The fourth-order valence-electron chi connectivity index (χ4n) is 3.34. The molecule has 2 rings (SSSR count). The molecule has 0 unspecified atom stereocenters. The van der Waals surface area contributed by atoms with E-state index in [4.69, 9.17) is 9.47 Å². The lowest BCUT2D eigenvalue weighted by molar-refractivity contribution is 0.168. The minimum atomic E-state index is -4.94. The number of nitrogens with one attached hydrogen (secondary N) is 1. The topological polar surface area (TPSA) is 102 Å². The van der Waals surface area contributed by atoms with Crippen molar-refractivity contribution in [1.29, 1.82) is 0 Å². The van der Waals surface area contributed by atoms with Gasteiger partial charge in [0.1, 0.15) is 5.69 Å². The van der Waals surface area contributed by atoms with Crippen LogP contribution in [0.1, 0.15) is 60.8 Å². The third-order valence-corrected chi connectivity index (χ3v) is 7.73. The highest BCUT2D eigenvalue weighted by Crippen LogP contribution is 2.46. The number of nitrogens with zero attached hydrogens (tertiary/aromatic N) is 1. The Balaban J connectivity index is 2.88. The van der Waals surface area contributed by atoms with E-state index in [1.807, 2.05) is 20.8 Å². The van der Waals surface area contributed by atoms with Crippen molar-refractivity contribution in [2.24, 2.45) is 10.8 Å². The fourth-order valence-corrected chi connectivity index (χ4v) is 6.13. The first kappa shape index (κ1) is 28.6. The molecule has 1 aromatic carbocycles. The van der Waals surface area contributed by atoms with Gasteiger partial charge in [0, 0.05) is 13.1 Å². The summed E-state index contributed by atoms with van der Waals surface area (Å²) in [6, 6.07) is 0. The molecule has 0 amide bonds. The van der Waals surface area contributed by atoms with Crippen molar-refractivity contribution < 1.29 is 35.1 Å². The fraction of sp³-hybridized carbons (Fsp3) is 0.727. The number of ether oxygens (including phenoxy) is 2. The zero-order valence-electron chi connectivity index (χ0n) is 20.9. The third-order valence-electron chi connectivity index (χ3n) is 4.73. The van der Waals surface area contributed by atoms with E-state index in [-0.39, 0.29) is 13.2 Å². The summed E-state index contributed by atoms with van der Waals surface area (Å²) in [4.78, 5) is 0.588. The van der Waals surface area contributed by atoms with Crippen LogP contribution in [0.2, 0.25) is 0 Å². The minimum absolute atomic E-state index is 0.0489. The van der Waals surface area contributed by atoms with Crippen molar-refractivity contribution in [3.8, 4) is 11.5 Å². The Morgan fingerprint density at radius 1 is 0.824 bits per heavy atom. The maximum atomic E-state index is 15.9. The van der Waals surface area contributed by atoms with Gasteiger partial charge in [-0.25, -0.2) is 21.2 Å². The van der Waals surface area contributed by atoms with Gasteiger partial charge in [0.2, 0.25) is 15.8 Å². The normalized spacial score (nSPS) is 16.0. The van der Waals surface area contributed by atoms with Gasteiger partial charge >= 0.3 is 0 Å². The molecule has 0 aliphatic carbocycles. The van der Waals surface area contributed by atoms with E-state index in [9.17, 15) is 16.8 Å². The molecule has 12 heteroatoms. The van der Waals surface area contributed by atoms with Crippen LogP contribution in [-0.4, -0.2) is 49.4 Å². The van der Waals surface area contributed by atoms with E-state index in [1.54, 1.807) is 20.8 Å². The zero-order valence-corrected chi connectivity index (χ0v) is 22.6. The summed E-state index contributed by atoms with van der Waals surface area (Å²) in [5.74, 6) is -4.06. The lowest BCUT2D eigenvalue weighted by atomic mass is 9.98. The molecule has 8 nitrogen and oxygen atoms in total. The van der Waals surface area contributed by atoms with E-state index < -0.39 is 64.6 Å². The first-order valence-electron chi connectivity index (χ1n) is 11.1. The van der Waals surface area contributed by atoms with Gasteiger partial charge in [0.15, 0.2) is 22.2 Å². The Hall–Kier alpha value is -1.66. The molecular weight excluding hydrogens is 490 g/mol. The van der Waals surface area contributed by atoms with Crippen LogP contribution in [0.4, 0.5) is 14.5 Å². The second-order valence-electron chi connectivity index (χ2n) is 11.1. The second-order valence-corrected chi connectivity index (χ2v) is 14.7. The monoisotopic (exact) mass is 526 g/mol.